The monoisotopic (exact) mass is 321 g/mol. The Balaban J connectivity index is 1.72. The van der Waals surface area contributed by atoms with Crippen molar-refractivity contribution in [3.8, 4) is 0 Å². The Morgan fingerprint density at radius 2 is 1.62 bits per heavy atom. The lowest BCUT2D eigenvalue weighted by atomic mass is 10.0. The minimum atomic E-state index is -0.00906. The van der Waals surface area contributed by atoms with Gasteiger partial charge >= 0.3 is 0 Å². The summed E-state index contributed by atoms with van der Waals surface area (Å²) >= 11 is 0. The molecule has 4 nitrogen and oxygen atoms in total. The lowest BCUT2D eigenvalue weighted by Gasteiger charge is -2.25. The van der Waals surface area contributed by atoms with Crippen LogP contribution >= 0.6 is 0 Å². The molecule has 0 aromatic heterocycles. The topological polar surface area (TPSA) is 56.2 Å². The van der Waals surface area contributed by atoms with E-state index in [0.717, 1.165) is 24.2 Å². The van der Waals surface area contributed by atoms with Crippen molar-refractivity contribution < 1.29 is 4.79 Å². The normalized spacial score (nSPS) is 15.0. The smallest absolute Gasteiger partial charge is 0.238 e. The van der Waals surface area contributed by atoms with Crippen molar-refractivity contribution in [1.29, 1.82) is 5.41 Å². The molecular weight excluding hydrogens is 298 g/mol. The van der Waals surface area contributed by atoms with Crippen LogP contribution in [-0.4, -0.2) is 36.2 Å². The molecule has 4 heteroatoms. The van der Waals surface area contributed by atoms with Crippen molar-refractivity contribution in [1.82, 2.24) is 4.90 Å². The highest BCUT2D eigenvalue weighted by Gasteiger charge is 2.16. The number of piperidine rings is 1. The largest absolute Gasteiger partial charge is 0.324 e. The van der Waals surface area contributed by atoms with Crippen molar-refractivity contribution in [3.05, 3.63) is 65.7 Å². The van der Waals surface area contributed by atoms with Gasteiger partial charge in [0.2, 0.25) is 5.91 Å². The Kier molecular flexibility index (Phi) is 5.39. The molecule has 2 N–H and O–H groups in total. The molecule has 1 heterocycles. The number of hydrogen-bond acceptors (Lipinski definition) is 3. The molecule has 0 atom stereocenters. The highest BCUT2D eigenvalue weighted by Crippen LogP contribution is 2.19. The molecule has 0 bridgehead atoms. The quantitative estimate of drug-likeness (QED) is 0.828. The van der Waals surface area contributed by atoms with Crippen molar-refractivity contribution in [2.75, 3.05) is 25.0 Å². The van der Waals surface area contributed by atoms with E-state index in [0.29, 0.717) is 17.9 Å². The van der Waals surface area contributed by atoms with Gasteiger partial charge in [0, 0.05) is 11.1 Å². The summed E-state index contributed by atoms with van der Waals surface area (Å²) < 4.78 is 0. The highest BCUT2D eigenvalue weighted by atomic mass is 16.2. The summed E-state index contributed by atoms with van der Waals surface area (Å²) in [6.45, 7) is 2.41. The van der Waals surface area contributed by atoms with E-state index in [1.165, 1.54) is 19.3 Å². The van der Waals surface area contributed by atoms with Crippen molar-refractivity contribution in [2.24, 2.45) is 0 Å². The molecule has 0 aliphatic carbocycles. The van der Waals surface area contributed by atoms with Gasteiger partial charge in [-0.1, -0.05) is 55.0 Å². The van der Waals surface area contributed by atoms with Crippen LogP contribution in [0.15, 0.2) is 54.6 Å². The van der Waals surface area contributed by atoms with E-state index in [1.807, 2.05) is 54.6 Å². The first-order chi connectivity index (χ1) is 11.7. The van der Waals surface area contributed by atoms with Gasteiger partial charge in [-0.3, -0.25) is 15.1 Å². The van der Waals surface area contributed by atoms with Crippen LogP contribution in [0, 0.1) is 5.41 Å². The third-order valence-electron chi connectivity index (χ3n) is 4.35. The molecule has 2 aromatic carbocycles. The Bertz CT molecular complexity index is 706. The molecule has 1 saturated heterocycles. The zero-order valence-electron chi connectivity index (χ0n) is 13.8. The Morgan fingerprint density at radius 1 is 0.958 bits per heavy atom. The van der Waals surface area contributed by atoms with Crippen LogP contribution in [0.2, 0.25) is 0 Å². The highest BCUT2D eigenvalue weighted by molar-refractivity contribution is 6.15. The van der Waals surface area contributed by atoms with Crippen LogP contribution < -0.4 is 5.32 Å². The molecule has 3 rings (SSSR count). The number of rotatable bonds is 5. The second kappa shape index (κ2) is 7.88. The van der Waals surface area contributed by atoms with E-state index in [9.17, 15) is 4.79 Å². The molecule has 1 fully saturated rings. The van der Waals surface area contributed by atoms with Gasteiger partial charge in [-0.2, -0.15) is 0 Å². The lowest BCUT2D eigenvalue weighted by Crippen LogP contribution is -2.37. The van der Waals surface area contributed by atoms with Gasteiger partial charge in [-0.15, -0.1) is 0 Å². The second-order valence-electron chi connectivity index (χ2n) is 6.17. The average Bonchev–Trinajstić information content (AvgIpc) is 2.63. The first kappa shape index (κ1) is 16.4. The van der Waals surface area contributed by atoms with Crippen LogP contribution in [0.5, 0.6) is 0 Å². The van der Waals surface area contributed by atoms with Crippen LogP contribution in [0.3, 0.4) is 0 Å². The zero-order chi connectivity index (χ0) is 16.8. The number of carbonyl (C=O) groups excluding carboxylic acids is 1. The van der Waals surface area contributed by atoms with E-state index in [4.69, 9.17) is 5.41 Å². The Labute approximate surface area is 143 Å². The molecule has 1 aliphatic heterocycles. The SMILES string of the molecule is N=C(c1ccccc1)c1ccccc1NC(=O)CN1CCCCC1. The molecular formula is C20H23N3O. The van der Waals surface area contributed by atoms with E-state index in [2.05, 4.69) is 10.2 Å². The van der Waals surface area contributed by atoms with E-state index in [-0.39, 0.29) is 5.91 Å². The standard InChI is InChI=1S/C20H23N3O/c21-20(16-9-3-1-4-10-16)17-11-5-6-12-18(17)22-19(24)15-23-13-7-2-8-14-23/h1,3-6,9-12,21H,2,7-8,13-15H2,(H,22,24). The van der Waals surface area contributed by atoms with Gasteiger partial charge in [0.05, 0.1) is 17.9 Å². The molecule has 0 spiro atoms. The molecule has 1 amide bonds. The number of benzene rings is 2. The first-order valence-electron chi connectivity index (χ1n) is 8.49. The minimum Gasteiger partial charge on any atom is -0.324 e. The molecule has 2 aromatic rings. The van der Waals surface area contributed by atoms with Crippen molar-refractivity contribution >= 4 is 17.3 Å². The first-order valence-corrected chi connectivity index (χ1v) is 8.49. The lowest BCUT2D eigenvalue weighted by molar-refractivity contribution is -0.117. The molecule has 1 aliphatic rings. The Hall–Kier alpha value is -2.46. The van der Waals surface area contributed by atoms with Gasteiger partial charge in [0.1, 0.15) is 0 Å². The van der Waals surface area contributed by atoms with Crippen molar-refractivity contribution in [2.45, 2.75) is 19.3 Å². The third-order valence-corrected chi connectivity index (χ3v) is 4.35. The fraction of sp³-hybridized carbons (Fsp3) is 0.300. The molecule has 0 saturated carbocycles. The average molecular weight is 321 g/mol. The number of likely N-dealkylation sites (tertiary alicyclic amines) is 1. The summed E-state index contributed by atoms with van der Waals surface area (Å²) in [5, 5.41) is 11.4. The predicted octanol–water partition coefficient (Wildman–Crippen LogP) is 3.53. The number of carbonyl (C=O) groups is 1. The number of para-hydroxylation sites is 1. The number of anilines is 1. The number of nitrogens with zero attached hydrogens (tertiary/aromatic N) is 1. The summed E-state index contributed by atoms with van der Waals surface area (Å²) in [4.78, 5) is 14.6. The number of nitrogens with one attached hydrogen (secondary N) is 2. The van der Waals surface area contributed by atoms with Crippen LogP contribution in [0.25, 0.3) is 0 Å². The second-order valence-corrected chi connectivity index (χ2v) is 6.17. The molecule has 0 radical (unpaired) electrons. The third kappa shape index (κ3) is 4.09. The van der Waals surface area contributed by atoms with Gasteiger partial charge in [0.25, 0.3) is 0 Å². The van der Waals surface area contributed by atoms with Gasteiger partial charge < -0.3 is 5.32 Å². The van der Waals surface area contributed by atoms with Crippen LogP contribution in [-0.2, 0) is 4.79 Å². The van der Waals surface area contributed by atoms with E-state index < -0.39 is 0 Å². The fourth-order valence-electron chi connectivity index (χ4n) is 3.08. The summed E-state index contributed by atoms with van der Waals surface area (Å²) in [5.74, 6) is -0.00906. The summed E-state index contributed by atoms with van der Waals surface area (Å²) in [7, 11) is 0. The summed E-state index contributed by atoms with van der Waals surface area (Å²) in [5.41, 5.74) is 2.71. The molecule has 24 heavy (non-hydrogen) atoms. The van der Waals surface area contributed by atoms with E-state index in [1.54, 1.807) is 0 Å². The Morgan fingerprint density at radius 3 is 2.38 bits per heavy atom. The number of hydrogen-bond donors (Lipinski definition) is 2. The number of amides is 1. The summed E-state index contributed by atoms with van der Waals surface area (Å²) in [6.07, 6.45) is 3.60. The molecule has 0 unspecified atom stereocenters. The zero-order valence-corrected chi connectivity index (χ0v) is 13.8. The van der Waals surface area contributed by atoms with Gasteiger partial charge in [-0.05, 0) is 32.0 Å². The van der Waals surface area contributed by atoms with Gasteiger partial charge in [0.15, 0.2) is 0 Å². The van der Waals surface area contributed by atoms with Crippen molar-refractivity contribution in [3.63, 3.8) is 0 Å². The maximum Gasteiger partial charge on any atom is 0.238 e. The maximum atomic E-state index is 12.4. The molecule has 124 valence electrons. The van der Waals surface area contributed by atoms with Gasteiger partial charge in [-0.25, -0.2) is 0 Å². The fourth-order valence-corrected chi connectivity index (χ4v) is 3.08. The minimum absolute atomic E-state index is 0.00906. The predicted molar refractivity (Wildman–Crippen MR) is 97.7 cm³/mol. The maximum absolute atomic E-state index is 12.4. The summed E-state index contributed by atoms with van der Waals surface area (Å²) in [6, 6.07) is 17.1. The van der Waals surface area contributed by atoms with E-state index >= 15 is 0 Å². The van der Waals surface area contributed by atoms with Crippen LogP contribution in [0.4, 0.5) is 5.69 Å². The van der Waals surface area contributed by atoms with Crippen LogP contribution in [0.1, 0.15) is 30.4 Å².